The van der Waals surface area contributed by atoms with Crippen LogP contribution in [0, 0.1) is 20.8 Å². The zero-order valence-corrected chi connectivity index (χ0v) is 13.8. The van der Waals surface area contributed by atoms with Gasteiger partial charge >= 0.3 is 0 Å². The van der Waals surface area contributed by atoms with Crippen LogP contribution < -0.4 is 10.5 Å². The van der Waals surface area contributed by atoms with E-state index in [0.717, 1.165) is 28.2 Å². The molecule has 1 atom stereocenters. The van der Waals surface area contributed by atoms with Gasteiger partial charge in [-0.05, 0) is 62.9 Å². The van der Waals surface area contributed by atoms with Gasteiger partial charge in [-0.3, -0.25) is 0 Å². The van der Waals surface area contributed by atoms with Crippen molar-refractivity contribution in [2.75, 3.05) is 0 Å². The Morgan fingerprint density at radius 3 is 2.43 bits per heavy atom. The van der Waals surface area contributed by atoms with Gasteiger partial charge in [0.25, 0.3) is 0 Å². The number of rotatable bonds is 4. The molecule has 112 valence electrons. The van der Waals surface area contributed by atoms with E-state index in [9.17, 15) is 0 Å². The molecule has 0 heterocycles. The van der Waals surface area contributed by atoms with Crippen LogP contribution in [0.4, 0.5) is 0 Å². The largest absolute Gasteiger partial charge is 0.456 e. The van der Waals surface area contributed by atoms with Crippen LogP contribution in [0.5, 0.6) is 11.5 Å². The average molecular weight is 304 g/mol. The molecule has 3 heteroatoms. The molecule has 2 N–H and O–H groups in total. The van der Waals surface area contributed by atoms with Crippen LogP contribution in [0.15, 0.2) is 30.3 Å². The zero-order valence-electron chi connectivity index (χ0n) is 13.0. The van der Waals surface area contributed by atoms with Crippen LogP contribution in [-0.2, 0) is 6.42 Å². The SMILES string of the molecule is Cc1ccc(C)c(Oc2cccc(Cl)c2CC(C)N)c1C. The number of hydrogen-bond donors (Lipinski definition) is 1. The number of nitrogens with two attached hydrogens (primary N) is 1. The fourth-order valence-corrected chi connectivity index (χ4v) is 2.59. The second-order valence-electron chi connectivity index (χ2n) is 5.65. The molecule has 0 fully saturated rings. The van der Waals surface area contributed by atoms with Crippen molar-refractivity contribution in [2.45, 2.75) is 40.2 Å². The minimum absolute atomic E-state index is 0.0342. The third-order valence-electron chi connectivity index (χ3n) is 3.69. The van der Waals surface area contributed by atoms with E-state index in [0.29, 0.717) is 11.4 Å². The molecule has 2 rings (SSSR count). The Bertz CT molecular complexity index is 650. The lowest BCUT2D eigenvalue weighted by atomic mass is 10.0. The minimum Gasteiger partial charge on any atom is -0.456 e. The van der Waals surface area contributed by atoms with Crippen molar-refractivity contribution in [3.8, 4) is 11.5 Å². The van der Waals surface area contributed by atoms with Gasteiger partial charge in [-0.15, -0.1) is 0 Å². The lowest BCUT2D eigenvalue weighted by Gasteiger charge is -2.18. The van der Waals surface area contributed by atoms with Gasteiger partial charge in [0.2, 0.25) is 0 Å². The molecule has 0 radical (unpaired) electrons. The molecule has 0 aromatic heterocycles. The third-order valence-corrected chi connectivity index (χ3v) is 4.04. The molecule has 0 aliphatic heterocycles. The Morgan fingerprint density at radius 1 is 1.10 bits per heavy atom. The molecule has 2 aromatic carbocycles. The van der Waals surface area contributed by atoms with Crippen LogP contribution in [0.2, 0.25) is 5.02 Å². The summed E-state index contributed by atoms with van der Waals surface area (Å²) in [6, 6.07) is 9.95. The lowest BCUT2D eigenvalue weighted by molar-refractivity contribution is 0.466. The van der Waals surface area contributed by atoms with Crippen molar-refractivity contribution >= 4 is 11.6 Å². The summed E-state index contributed by atoms with van der Waals surface area (Å²) in [6.07, 6.45) is 0.693. The summed E-state index contributed by atoms with van der Waals surface area (Å²) >= 11 is 6.31. The molecule has 0 spiro atoms. The van der Waals surface area contributed by atoms with E-state index in [1.165, 1.54) is 5.56 Å². The predicted octanol–water partition coefficient (Wildman–Crippen LogP) is 4.95. The number of aryl methyl sites for hydroxylation is 2. The van der Waals surface area contributed by atoms with Crippen LogP contribution in [0.1, 0.15) is 29.2 Å². The molecule has 0 saturated heterocycles. The van der Waals surface area contributed by atoms with Gasteiger partial charge in [0.1, 0.15) is 11.5 Å². The first-order valence-electron chi connectivity index (χ1n) is 7.17. The molecule has 1 unspecified atom stereocenters. The summed E-state index contributed by atoms with van der Waals surface area (Å²) in [6.45, 7) is 8.18. The van der Waals surface area contributed by atoms with Crippen molar-refractivity contribution in [1.29, 1.82) is 0 Å². The summed E-state index contributed by atoms with van der Waals surface area (Å²) in [5, 5.41) is 0.702. The number of benzene rings is 2. The normalized spacial score (nSPS) is 12.3. The van der Waals surface area contributed by atoms with Crippen LogP contribution in [0.25, 0.3) is 0 Å². The molecular formula is C18H22ClNO. The van der Waals surface area contributed by atoms with E-state index in [1.54, 1.807) is 0 Å². The minimum atomic E-state index is 0.0342. The second kappa shape index (κ2) is 6.50. The summed E-state index contributed by atoms with van der Waals surface area (Å²) in [7, 11) is 0. The van der Waals surface area contributed by atoms with Crippen LogP contribution in [-0.4, -0.2) is 6.04 Å². The number of hydrogen-bond acceptors (Lipinski definition) is 2. The maximum absolute atomic E-state index is 6.31. The Morgan fingerprint density at radius 2 is 1.76 bits per heavy atom. The highest BCUT2D eigenvalue weighted by atomic mass is 35.5. The van der Waals surface area contributed by atoms with Gasteiger partial charge in [0.15, 0.2) is 0 Å². The van der Waals surface area contributed by atoms with Crippen LogP contribution >= 0.6 is 11.6 Å². The van der Waals surface area contributed by atoms with Gasteiger partial charge in [-0.25, -0.2) is 0 Å². The van der Waals surface area contributed by atoms with Crippen molar-refractivity contribution in [3.63, 3.8) is 0 Å². The Kier molecular flexibility index (Phi) is 4.92. The fourth-order valence-electron chi connectivity index (χ4n) is 2.35. The summed E-state index contributed by atoms with van der Waals surface area (Å²) in [4.78, 5) is 0. The van der Waals surface area contributed by atoms with Gasteiger partial charge in [-0.2, -0.15) is 0 Å². The monoisotopic (exact) mass is 303 g/mol. The maximum Gasteiger partial charge on any atom is 0.133 e. The van der Waals surface area contributed by atoms with Crippen molar-refractivity contribution < 1.29 is 4.74 Å². The van der Waals surface area contributed by atoms with Gasteiger partial charge < -0.3 is 10.5 Å². The molecule has 0 aliphatic rings. The number of ether oxygens (including phenoxy) is 1. The van der Waals surface area contributed by atoms with E-state index in [1.807, 2.05) is 25.1 Å². The quantitative estimate of drug-likeness (QED) is 0.867. The Hall–Kier alpha value is -1.51. The Balaban J connectivity index is 2.45. The van der Waals surface area contributed by atoms with Gasteiger partial charge in [0.05, 0.1) is 0 Å². The fraction of sp³-hybridized carbons (Fsp3) is 0.333. The van der Waals surface area contributed by atoms with Gasteiger partial charge in [0, 0.05) is 16.6 Å². The molecule has 0 saturated carbocycles. The molecule has 2 aromatic rings. The van der Waals surface area contributed by atoms with E-state index < -0.39 is 0 Å². The topological polar surface area (TPSA) is 35.2 Å². The highest BCUT2D eigenvalue weighted by molar-refractivity contribution is 6.31. The molecular weight excluding hydrogens is 282 g/mol. The lowest BCUT2D eigenvalue weighted by Crippen LogP contribution is -2.18. The summed E-state index contributed by atoms with van der Waals surface area (Å²) in [5.74, 6) is 1.69. The summed E-state index contributed by atoms with van der Waals surface area (Å²) in [5.41, 5.74) is 10.4. The highest BCUT2D eigenvalue weighted by Crippen LogP contribution is 2.35. The van der Waals surface area contributed by atoms with Crippen molar-refractivity contribution in [3.05, 3.63) is 57.6 Å². The smallest absolute Gasteiger partial charge is 0.133 e. The van der Waals surface area contributed by atoms with Crippen LogP contribution in [0.3, 0.4) is 0 Å². The third kappa shape index (κ3) is 3.58. The second-order valence-corrected chi connectivity index (χ2v) is 6.06. The Labute approximate surface area is 131 Å². The van der Waals surface area contributed by atoms with Crippen molar-refractivity contribution in [1.82, 2.24) is 0 Å². The van der Waals surface area contributed by atoms with Crippen molar-refractivity contribution in [2.24, 2.45) is 5.73 Å². The first-order chi connectivity index (χ1) is 9.90. The number of halogens is 1. The molecule has 0 aliphatic carbocycles. The van der Waals surface area contributed by atoms with Gasteiger partial charge in [-0.1, -0.05) is 29.8 Å². The molecule has 0 bridgehead atoms. The van der Waals surface area contributed by atoms with E-state index in [4.69, 9.17) is 22.1 Å². The van der Waals surface area contributed by atoms with E-state index >= 15 is 0 Å². The standard InChI is InChI=1S/C18H22ClNO/c1-11-8-9-12(2)18(14(11)4)21-17-7-5-6-16(19)15(17)10-13(3)20/h5-9,13H,10,20H2,1-4H3. The first kappa shape index (κ1) is 15.9. The summed E-state index contributed by atoms with van der Waals surface area (Å²) < 4.78 is 6.19. The molecule has 21 heavy (non-hydrogen) atoms. The molecule has 2 nitrogen and oxygen atoms in total. The van der Waals surface area contributed by atoms with E-state index in [-0.39, 0.29) is 6.04 Å². The highest BCUT2D eigenvalue weighted by Gasteiger charge is 2.14. The maximum atomic E-state index is 6.31. The first-order valence-corrected chi connectivity index (χ1v) is 7.55. The average Bonchev–Trinajstić information content (AvgIpc) is 2.42. The predicted molar refractivity (Wildman–Crippen MR) is 89.5 cm³/mol. The zero-order chi connectivity index (χ0) is 15.6. The van der Waals surface area contributed by atoms with E-state index in [2.05, 4.69) is 32.9 Å². The molecule has 0 amide bonds.